The third kappa shape index (κ3) is 4.92. The van der Waals surface area contributed by atoms with E-state index >= 15 is 0 Å². The Balaban J connectivity index is 2.25. The van der Waals surface area contributed by atoms with Crippen molar-refractivity contribution in [3.8, 4) is 11.1 Å². The third-order valence-corrected chi connectivity index (χ3v) is 4.96. The maximum absolute atomic E-state index is 13.8. The Hall–Kier alpha value is -2.61. The second-order valence-corrected chi connectivity index (χ2v) is 7.42. The van der Waals surface area contributed by atoms with Crippen molar-refractivity contribution in [1.29, 1.82) is 0 Å². The molecule has 0 unspecified atom stereocenters. The van der Waals surface area contributed by atoms with Crippen LogP contribution in [-0.4, -0.2) is 35.9 Å². The topological polar surface area (TPSA) is 83.3 Å². The molecule has 0 saturated carbocycles. The number of amides is 2. The highest BCUT2D eigenvalue weighted by Gasteiger charge is 2.17. The quantitative estimate of drug-likeness (QED) is 0.212. The molecule has 0 atom stereocenters. The highest BCUT2D eigenvalue weighted by Crippen LogP contribution is 2.38. The van der Waals surface area contributed by atoms with Crippen molar-refractivity contribution >= 4 is 51.5 Å². The van der Waals surface area contributed by atoms with Gasteiger partial charge in [-0.15, -0.1) is 23.2 Å². The van der Waals surface area contributed by atoms with Gasteiger partial charge < -0.3 is 10.2 Å². The molecule has 1 aromatic heterocycles. The first kappa shape index (κ1) is 22.1. The number of fused-ring (bicyclic) bond motifs is 1. The summed E-state index contributed by atoms with van der Waals surface area (Å²) in [6, 6.07) is 11.4. The van der Waals surface area contributed by atoms with E-state index in [1.165, 1.54) is 12.1 Å². The van der Waals surface area contributed by atoms with Crippen LogP contribution in [0.1, 0.15) is 5.69 Å². The van der Waals surface area contributed by atoms with Gasteiger partial charge in [-0.3, -0.25) is 10.4 Å². The second-order valence-electron chi connectivity index (χ2n) is 6.67. The lowest BCUT2D eigenvalue weighted by Crippen LogP contribution is -2.34. The van der Waals surface area contributed by atoms with Crippen LogP contribution >= 0.6 is 23.2 Å². The highest BCUT2D eigenvalue weighted by atomic mass is 35.5. The molecule has 3 rings (SSSR count). The number of rotatable bonds is 7. The summed E-state index contributed by atoms with van der Waals surface area (Å²) >= 11 is 12.0. The maximum Gasteiger partial charge on any atom is 0.333 e. The van der Waals surface area contributed by atoms with Crippen molar-refractivity contribution in [2.24, 2.45) is 5.84 Å². The number of alkyl halides is 2. The molecular formula is C21H22Cl2FN5O. The number of pyridine rings is 1. The van der Waals surface area contributed by atoms with Crippen LogP contribution in [-0.2, 0) is 0 Å². The Morgan fingerprint density at radius 3 is 2.50 bits per heavy atom. The van der Waals surface area contributed by atoms with E-state index in [9.17, 15) is 9.18 Å². The number of aryl methyl sites for hydroxylation is 1. The predicted molar refractivity (Wildman–Crippen MR) is 122 cm³/mol. The van der Waals surface area contributed by atoms with Gasteiger partial charge in [0.25, 0.3) is 0 Å². The number of aromatic nitrogens is 1. The van der Waals surface area contributed by atoms with E-state index in [-0.39, 0.29) is 5.82 Å². The number of nitrogens with one attached hydrogen (secondary N) is 2. The number of hydrogen-bond acceptors (Lipinski definition) is 4. The lowest BCUT2D eigenvalue weighted by atomic mass is 9.97. The van der Waals surface area contributed by atoms with Crippen LogP contribution in [0.4, 0.5) is 20.6 Å². The predicted octanol–water partition coefficient (Wildman–Crippen LogP) is 4.63. The molecule has 9 heteroatoms. The van der Waals surface area contributed by atoms with Crippen molar-refractivity contribution in [1.82, 2.24) is 10.4 Å². The minimum atomic E-state index is -0.537. The summed E-state index contributed by atoms with van der Waals surface area (Å²) in [7, 11) is 0. The number of urea groups is 1. The smallest absolute Gasteiger partial charge is 0.333 e. The molecule has 158 valence electrons. The minimum Gasteiger partial charge on any atom is -0.369 e. The molecule has 3 aromatic rings. The lowest BCUT2D eigenvalue weighted by molar-refractivity contribution is 0.252. The standard InChI is InChI=1S/C21H22Cl2FN5O/c1-13-10-17(16-4-2-14(24)11-19(16)26-13)18-12-15(27-21(30)28-25)3-5-20(18)29(8-6-22)9-7-23/h2-5,10-12H,6-9,25H2,1H3,(H2,27,28,30). The molecule has 6 nitrogen and oxygen atoms in total. The van der Waals surface area contributed by atoms with Crippen molar-refractivity contribution in [3.05, 3.63) is 54.0 Å². The third-order valence-electron chi connectivity index (χ3n) is 4.63. The molecule has 0 aliphatic rings. The number of carbonyl (C=O) groups excluding carboxylic acids is 1. The molecule has 2 aromatic carbocycles. The van der Waals surface area contributed by atoms with Crippen molar-refractivity contribution in [2.75, 3.05) is 35.1 Å². The Morgan fingerprint density at radius 2 is 1.83 bits per heavy atom. The Labute approximate surface area is 184 Å². The summed E-state index contributed by atoms with van der Waals surface area (Å²) < 4.78 is 13.8. The number of carbonyl (C=O) groups is 1. The van der Waals surface area contributed by atoms with Crippen LogP contribution in [0.2, 0.25) is 0 Å². The first-order chi connectivity index (χ1) is 14.5. The van der Waals surface area contributed by atoms with E-state index in [2.05, 4.69) is 15.2 Å². The molecule has 0 bridgehead atoms. The average molecular weight is 450 g/mol. The van der Waals surface area contributed by atoms with Gasteiger partial charge in [0.15, 0.2) is 0 Å². The summed E-state index contributed by atoms with van der Waals surface area (Å²) in [4.78, 5) is 18.3. The largest absolute Gasteiger partial charge is 0.369 e. The molecule has 30 heavy (non-hydrogen) atoms. The number of benzene rings is 2. The van der Waals surface area contributed by atoms with Crippen LogP contribution in [0.3, 0.4) is 0 Å². The van der Waals surface area contributed by atoms with E-state index in [0.29, 0.717) is 36.1 Å². The van der Waals surface area contributed by atoms with Gasteiger partial charge in [-0.1, -0.05) is 0 Å². The summed E-state index contributed by atoms with van der Waals surface area (Å²) in [6.07, 6.45) is 0. The Bertz CT molecular complexity index is 1050. The van der Waals surface area contributed by atoms with Crippen molar-refractivity contribution in [3.63, 3.8) is 0 Å². The molecule has 4 N–H and O–H groups in total. The van der Waals surface area contributed by atoms with Crippen LogP contribution in [0.15, 0.2) is 42.5 Å². The monoisotopic (exact) mass is 449 g/mol. The zero-order chi connectivity index (χ0) is 21.7. The van der Waals surface area contributed by atoms with E-state index in [4.69, 9.17) is 29.0 Å². The molecule has 0 spiro atoms. The van der Waals surface area contributed by atoms with Crippen molar-refractivity contribution in [2.45, 2.75) is 6.92 Å². The molecule has 0 saturated heterocycles. The number of nitrogens with zero attached hydrogens (tertiary/aromatic N) is 2. The zero-order valence-electron chi connectivity index (χ0n) is 16.4. The number of anilines is 2. The minimum absolute atomic E-state index is 0.354. The number of hydrazine groups is 1. The fourth-order valence-electron chi connectivity index (χ4n) is 3.39. The van der Waals surface area contributed by atoms with Gasteiger partial charge in [0.2, 0.25) is 0 Å². The van der Waals surface area contributed by atoms with E-state index in [1.54, 1.807) is 12.1 Å². The van der Waals surface area contributed by atoms with Gasteiger partial charge in [0.1, 0.15) is 5.82 Å². The second kappa shape index (κ2) is 9.93. The molecule has 0 radical (unpaired) electrons. The first-order valence-corrected chi connectivity index (χ1v) is 10.4. The number of halogens is 3. The van der Waals surface area contributed by atoms with Crippen LogP contribution in [0.5, 0.6) is 0 Å². The molecule has 0 fully saturated rings. The number of hydrogen-bond donors (Lipinski definition) is 3. The SMILES string of the molecule is Cc1cc(-c2cc(NC(=O)NN)ccc2N(CCCl)CCCl)c2ccc(F)cc2n1. The van der Waals surface area contributed by atoms with E-state index in [1.807, 2.05) is 30.5 Å². The Kier molecular flexibility index (Phi) is 7.31. The summed E-state index contributed by atoms with van der Waals surface area (Å²) in [5.74, 6) is 5.69. The fraction of sp³-hybridized carbons (Fsp3) is 0.238. The van der Waals surface area contributed by atoms with Gasteiger partial charge in [0.05, 0.1) is 5.52 Å². The molecule has 0 aliphatic carbocycles. The van der Waals surface area contributed by atoms with Crippen LogP contribution in [0.25, 0.3) is 22.0 Å². The van der Waals surface area contributed by atoms with Gasteiger partial charge in [-0.05, 0) is 48.9 Å². The maximum atomic E-state index is 13.8. The fourth-order valence-corrected chi connectivity index (χ4v) is 3.79. The van der Waals surface area contributed by atoms with Gasteiger partial charge in [-0.25, -0.2) is 15.0 Å². The highest BCUT2D eigenvalue weighted by molar-refractivity contribution is 6.18. The van der Waals surface area contributed by atoms with Gasteiger partial charge in [-0.2, -0.15) is 0 Å². The van der Waals surface area contributed by atoms with E-state index in [0.717, 1.165) is 27.9 Å². The summed E-state index contributed by atoms with van der Waals surface area (Å²) in [5, 5.41) is 3.47. The summed E-state index contributed by atoms with van der Waals surface area (Å²) in [6.45, 7) is 3.04. The molecule has 2 amide bonds. The zero-order valence-corrected chi connectivity index (χ0v) is 17.9. The first-order valence-electron chi connectivity index (χ1n) is 9.32. The Morgan fingerprint density at radius 1 is 1.10 bits per heavy atom. The molecule has 1 heterocycles. The van der Waals surface area contributed by atoms with Crippen molar-refractivity contribution < 1.29 is 9.18 Å². The summed E-state index contributed by atoms with van der Waals surface area (Å²) in [5.41, 5.74) is 6.49. The lowest BCUT2D eigenvalue weighted by Gasteiger charge is -2.27. The van der Waals surface area contributed by atoms with Crippen LogP contribution < -0.4 is 21.5 Å². The average Bonchev–Trinajstić information content (AvgIpc) is 2.72. The molecular weight excluding hydrogens is 428 g/mol. The van der Waals surface area contributed by atoms with Gasteiger partial charge >= 0.3 is 6.03 Å². The normalized spacial score (nSPS) is 10.8. The molecule has 0 aliphatic heterocycles. The van der Waals surface area contributed by atoms with Gasteiger partial charge in [0, 0.05) is 58.9 Å². The van der Waals surface area contributed by atoms with E-state index < -0.39 is 6.03 Å². The van der Waals surface area contributed by atoms with Crippen LogP contribution in [0, 0.1) is 12.7 Å². The number of nitrogens with two attached hydrogens (primary N) is 1.